The lowest BCUT2D eigenvalue weighted by atomic mass is 9.98. The van der Waals surface area contributed by atoms with Gasteiger partial charge in [-0.15, -0.1) is 0 Å². The van der Waals surface area contributed by atoms with Crippen molar-refractivity contribution in [1.29, 1.82) is 0 Å². The van der Waals surface area contributed by atoms with E-state index in [4.69, 9.17) is 17.3 Å². The van der Waals surface area contributed by atoms with Gasteiger partial charge in [0.15, 0.2) is 0 Å². The van der Waals surface area contributed by atoms with E-state index in [0.29, 0.717) is 10.6 Å². The number of halogens is 1. The molecule has 0 heterocycles. The van der Waals surface area contributed by atoms with Crippen LogP contribution in [0.4, 0.5) is 0 Å². The number of rotatable bonds is 5. The standard InChI is InChI=1S/C13H17ClN2O2/c1-3-8(2)11(12(15)17)16-13(18)9-4-6-10(14)7-5-9/h4-8,11H,3H2,1-2H3,(H2,15,17)(H,16,18)/t8-,11-/m1/s1. The Hall–Kier alpha value is -1.55. The van der Waals surface area contributed by atoms with Crippen LogP contribution in [0.15, 0.2) is 24.3 Å². The van der Waals surface area contributed by atoms with Crippen LogP contribution in [0.25, 0.3) is 0 Å². The number of carbonyl (C=O) groups excluding carboxylic acids is 2. The molecule has 2 atom stereocenters. The van der Waals surface area contributed by atoms with Crippen molar-refractivity contribution >= 4 is 23.4 Å². The van der Waals surface area contributed by atoms with Gasteiger partial charge in [-0.1, -0.05) is 31.9 Å². The monoisotopic (exact) mass is 268 g/mol. The van der Waals surface area contributed by atoms with E-state index in [-0.39, 0.29) is 11.8 Å². The Bertz CT molecular complexity index is 431. The molecule has 2 amide bonds. The van der Waals surface area contributed by atoms with Gasteiger partial charge < -0.3 is 11.1 Å². The fourth-order valence-corrected chi connectivity index (χ4v) is 1.68. The number of hydrogen-bond acceptors (Lipinski definition) is 2. The smallest absolute Gasteiger partial charge is 0.251 e. The minimum absolute atomic E-state index is 0.00116. The molecule has 0 unspecified atom stereocenters. The number of carbonyl (C=O) groups is 2. The van der Waals surface area contributed by atoms with Crippen LogP contribution >= 0.6 is 11.6 Å². The van der Waals surface area contributed by atoms with Gasteiger partial charge in [-0.2, -0.15) is 0 Å². The Labute approximate surface area is 112 Å². The normalized spacial score (nSPS) is 13.7. The van der Waals surface area contributed by atoms with Gasteiger partial charge in [0.2, 0.25) is 5.91 Å². The summed E-state index contributed by atoms with van der Waals surface area (Å²) < 4.78 is 0. The fraction of sp³-hybridized carbons (Fsp3) is 0.385. The van der Waals surface area contributed by atoms with Crippen LogP contribution in [-0.2, 0) is 4.79 Å². The topological polar surface area (TPSA) is 72.2 Å². The van der Waals surface area contributed by atoms with Crippen molar-refractivity contribution in [2.24, 2.45) is 11.7 Å². The van der Waals surface area contributed by atoms with E-state index >= 15 is 0 Å². The van der Waals surface area contributed by atoms with E-state index in [9.17, 15) is 9.59 Å². The summed E-state index contributed by atoms with van der Waals surface area (Å²) in [5, 5.41) is 3.20. The lowest BCUT2D eigenvalue weighted by molar-refractivity contribution is -0.120. The van der Waals surface area contributed by atoms with Crippen LogP contribution in [0.2, 0.25) is 5.02 Å². The summed E-state index contributed by atoms with van der Waals surface area (Å²) in [6, 6.07) is 5.80. The summed E-state index contributed by atoms with van der Waals surface area (Å²) in [4.78, 5) is 23.2. The summed E-state index contributed by atoms with van der Waals surface area (Å²) in [6.45, 7) is 3.81. The van der Waals surface area contributed by atoms with Crippen molar-refractivity contribution in [3.05, 3.63) is 34.9 Å². The Morgan fingerprint density at radius 2 is 1.89 bits per heavy atom. The third-order valence-electron chi connectivity index (χ3n) is 2.91. The molecule has 0 bridgehead atoms. The van der Waals surface area contributed by atoms with Crippen molar-refractivity contribution in [3.63, 3.8) is 0 Å². The van der Waals surface area contributed by atoms with E-state index in [1.165, 1.54) is 0 Å². The number of primary amides is 1. The Kier molecular flexibility index (Phi) is 5.16. The van der Waals surface area contributed by atoms with Crippen molar-refractivity contribution < 1.29 is 9.59 Å². The molecule has 98 valence electrons. The van der Waals surface area contributed by atoms with Crippen LogP contribution in [0.1, 0.15) is 30.6 Å². The number of benzene rings is 1. The molecule has 0 saturated heterocycles. The molecule has 0 aliphatic carbocycles. The molecule has 1 rings (SSSR count). The second kappa shape index (κ2) is 6.40. The zero-order valence-corrected chi connectivity index (χ0v) is 11.2. The molecular formula is C13H17ClN2O2. The summed E-state index contributed by atoms with van der Waals surface area (Å²) >= 11 is 5.74. The molecule has 0 aliphatic heterocycles. The lowest BCUT2D eigenvalue weighted by Gasteiger charge is -2.21. The number of hydrogen-bond donors (Lipinski definition) is 2. The van der Waals surface area contributed by atoms with E-state index in [0.717, 1.165) is 6.42 Å². The average molecular weight is 269 g/mol. The van der Waals surface area contributed by atoms with E-state index in [1.807, 2.05) is 13.8 Å². The molecule has 0 spiro atoms. The Morgan fingerprint density at radius 1 is 1.33 bits per heavy atom. The van der Waals surface area contributed by atoms with Crippen LogP contribution in [0.3, 0.4) is 0 Å². The molecule has 3 N–H and O–H groups in total. The summed E-state index contributed by atoms with van der Waals surface area (Å²) in [5.74, 6) is -0.846. The summed E-state index contributed by atoms with van der Waals surface area (Å²) in [5.41, 5.74) is 5.74. The highest BCUT2D eigenvalue weighted by Gasteiger charge is 2.23. The van der Waals surface area contributed by atoms with Crippen LogP contribution in [0.5, 0.6) is 0 Å². The second-order valence-corrected chi connectivity index (χ2v) is 4.68. The summed E-state index contributed by atoms with van der Waals surface area (Å²) in [6.07, 6.45) is 0.758. The molecule has 5 heteroatoms. The highest BCUT2D eigenvalue weighted by molar-refractivity contribution is 6.30. The fourth-order valence-electron chi connectivity index (χ4n) is 1.56. The minimum atomic E-state index is -0.654. The molecule has 18 heavy (non-hydrogen) atoms. The zero-order chi connectivity index (χ0) is 13.7. The van der Waals surface area contributed by atoms with Gasteiger partial charge in [0.1, 0.15) is 6.04 Å². The maximum atomic E-state index is 11.9. The highest BCUT2D eigenvalue weighted by Crippen LogP contribution is 2.11. The molecule has 0 aliphatic rings. The largest absolute Gasteiger partial charge is 0.368 e. The first-order valence-electron chi connectivity index (χ1n) is 5.81. The van der Waals surface area contributed by atoms with Crippen molar-refractivity contribution in [3.8, 4) is 0 Å². The third kappa shape index (κ3) is 3.74. The van der Waals surface area contributed by atoms with Crippen LogP contribution in [-0.4, -0.2) is 17.9 Å². The lowest BCUT2D eigenvalue weighted by Crippen LogP contribution is -2.48. The molecular weight excluding hydrogens is 252 g/mol. The second-order valence-electron chi connectivity index (χ2n) is 4.25. The zero-order valence-electron chi connectivity index (χ0n) is 10.4. The number of amides is 2. The van der Waals surface area contributed by atoms with Gasteiger partial charge in [-0.3, -0.25) is 9.59 Å². The number of nitrogens with two attached hydrogens (primary N) is 1. The highest BCUT2D eigenvalue weighted by atomic mass is 35.5. The number of nitrogens with one attached hydrogen (secondary N) is 1. The third-order valence-corrected chi connectivity index (χ3v) is 3.16. The molecule has 0 saturated carbocycles. The Morgan fingerprint density at radius 3 is 2.33 bits per heavy atom. The molecule has 4 nitrogen and oxygen atoms in total. The van der Waals surface area contributed by atoms with Gasteiger partial charge in [-0.25, -0.2) is 0 Å². The van der Waals surface area contributed by atoms with Gasteiger partial charge >= 0.3 is 0 Å². The van der Waals surface area contributed by atoms with Crippen LogP contribution in [0, 0.1) is 5.92 Å². The molecule has 0 fully saturated rings. The molecule has 0 radical (unpaired) electrons. The minimum Gasteiger partial charge on any atom is -0.368 e. The Balaban J connectivity index is 2.78. The van der Waals surface area contributed by atoms with Gasteiger partial charge in [0.25, 0.3) is 5.91 Å². The maximum absolute atomic E-state index is 11.9. The van der Waals surface area contributed by atoms with E-state index in [1.54, 1.807) is 24.3 Å². The maximum Gasteiger partial charge on any atom is 0.251 e. The molecule has 0 aromatic heterocycles. The van der Waals surface area contributed by atoms with Crippen molar-refractivity contribution in [2.75, 3.05) is 0 Å². The molecule has 1 aromatic carbocycles. The predicted octanol–water partition coefficient (Wildman–Crippen LogP) is 1.97. The van der Waals surface area contributed by atoms with Crippen molar-refractivity contribution in [1.82, 2.24) is 5.32 Å². The predicted molar refractivity (Wildman–Crippen MR) is 71.4 cm³/mol. The molecule has 1 aromatic rings. The quantitative estimate of drug-likeness (QED) is 0.857. The van der Waals surface area contributed by atoms with Crippen LogP contribution < -0.4 is 11.1 Å². The van der Waals surface area contributed by atoms with Gasteiger partial charge in [0.05, 0.1) is 0 Å². The van der Waals surface area contributed by atoms with E-state index < -0.39 is 11.9 Å². The first-order valence-corrected chi connectivity index (χ1v) is 6.19. The summed E-state index contributed by atoms with van der Waals surface area (Å²) in [7, 11) is 0. The van der Waals surface area contributed by atoms with Crippen molar-refractivity contribution in [2.45, 2.75) is 26.3 Å². The first kappa shape index (κ1) is 14.5. The average Bonchev–Trinajstić information content (AvgIpc) is 2.35. The van der Waals surface area contributed by atoms with Gasteiger partial charge in [-0.05, 0) is 30.2 Å². The van der Waals surface area contributed by atoms with E-state index in [2.05, 4.69) is 5.32 Å². The van der Waals surface area contributed by atoms with Gasteiger partial charge in [0, 0.05) is 10.6 Å². The SMILES string of the molecule is CC[C@@H](C)[C@@H](NC(=O)c1ccc(Cl)cc1)C(N)=O. The first-order chi connectivity index (χ1) is 8.45.